The summed E-state index contributed by atoms with van der Waals surface area (Å²) in [5, 5.41) is 0. The molecule has 0 unspecified atom stereocenters. The summed E-state index contributed by atoms with van der Waals surface area (Å²) in [5.41, 5.74) is 5.87. The number of nitrogens with zero attached hydrogens (tertiary/aromatic N) is 2. The van der Waals surface area contributed by atoms with Crippen molar-refractivity contribution in [2.75, 3.05) is 18.0 Å². The fourth-order valence-corrected chi connectivity index (χ4v) is 2.84. The molecule has 2 N–H and O–H groups in total. The predicted octanol–water partition coefficient (Wildman–Crippen LogP) is 1.87. The zero-order valence-corrected chi connectivity index (χ0v) is 10.1. The summed E-state index contributed by atoms with van der Waals surface area (Å²) in [6.07, 6.45) is 5.74. The van der Waals surface area contributed by atoms with E-state index < -0.39 is 0 Å². The average molecular weight is 223 g/mol. The van der Waals surface area contributed by atoms with E-state index in [0.29, 0.717) is 17.9 Å². The molecule has 0 radical (unpaired) electrons. The van der Waals surface area contributed by atoms with Crippen LogP contribution >= 0.6 is 0 Å². The Morgan fingerprint density at radius 1 is 1.62 bits per heavy atom. The molecule has 4 nitrogen and oxygen atoms in total. The minimum absolute atomic E-state index is 0.456. The van der Waals surface area contributed by atoms with E-state index in [-0.39, 0.29) is 0 Å². The summed E-state index contributed by atoms with van der Waals surface area (Å²) in [4.78, 5) is 6.54. The zero-order valence-electron chi connectivity index (χ0n) is 10.1. The van der Waals surface area contributed by atoms with Crippen molar-refractivity contribution in [3.05, 3.63) is 12.5 Å². The lowest BCUT2D eigenvalue weighted by atomic mass is 9.83. The normalized spacial score (nSPS) is 26.4. The van der Waals surface area contributed by atoms with Crippen LogP contribution in [-0.2, 0) is 0 Å². The van der Waals surface area contributed by atoms with E-state index >= 15 is 0 Å². The van der Waals surface area contributed by atoms with Crippen molar-refractivity contribution in [2.45, 2.75) is 32.7 Å². The number of hydrogen-bond acceptors (Lipinski definition) is 4. The van der Waals surface area contributed by atoms with Crippen LogP contribution in [0.25, 0.3) is 0 Å². The molecule has 0 aliphatic carbocycles. The number of aromatic nitrogens is 1. The van der Waals surface area contributed by atoms with Gasteiger partial charge in [0.1, 0.15) is 6.26 Å². The maximum Gasteiger partial charge on any atom is 0.297 e. The number of anilines is 1. The van der Waals surface area contributed by atoms with Gasteiger partial charge in [0.25, 0.3) is 6.01 Å². The highest BCUT2D eigenvalue weighted by Crippen LogP contribution is 2.31. The molecule has 2 heterocycles. The molecule has 90 valence electrons. The summed E-state index contributed by atoms with van der Waals surface area (Å²) < 4.78 is 5.42. The van der Waals surface area contributed by atoms with E-state index in [1.54, 1.807) is 12.5 Å². The van der Waals surface area contributed by atoms with Crippen LogP contribution in [0.2, 0.25) is 0 Å². The zero-order chi connectivity index (χ0) is 11.5. The molecule has 2 atom stereocenters. The van der Waals surface area contributed by atoms with Gasteiger partial charge in [-0.1, -0.05) is 13.8 Å². The third-order valence-corrected chi connectivity index (χ3v) is 3.47. The molecule has 1 saturated heterocycles. The number of rotatable bonds is 3. The fraction of sp³-hybridized carbons (Fsp3) is 0.750. The second kappa shape index (κ2) is 4.87. The second-order valence-electron chi connectivity index (χ2n) is 4.88. The second-order valence-corrected chi connectivity index (χ2v) is 4.88. The lowest BCUT2D eigenvalue weighted by Crippen LogP contribution is -2.50. The monoisotopic (exact) mass is 223 g/mol. The van der Waals surface area contributed by atoms with Gasteiger partial charge in [-0.25, -0.2) is 4.98 Å². The molecule has 1 aliphatic heterocycles. The van der Waals surface area contributed by atoms with E-state index in [9.17, 15) is 0 Å². The summed E-state index contributed by atoms with van der Waals surface area (Å²) in [5.74, 6) is 1.13. The molecule has 1 aromatic rings. The number of nitrogens with two attached hydrogens (primary N) is 1. The summed E-state index contributed by atoms with van der Waals surface area (Å²) in [7, 11) is 0. The van der Waals surface area contributed by atoms with Crippen LogP contribution < -0.4 is 10.6 Å². The van der Waals surface area contributed by atoms with Gasteiger partial charge in [-0.05, 0) is 31.2 Å². The van der Waals surface area contributed by atoms with Crippen molar-refractivity contribution in [3.63, 3.8) is 0 Å². The van der Waals surface area contributed by atoms with Crippen LogP contribution in [0.15, 0.2) is 16.9 Å². The van der Waals surface area contributed by atoms with E-state index in [2.05, 4.69) is 23.7 Å². The van der Waals surface area contributed by atoms with Gasteiger partial charge < -0.3 is 15.1 Å². The van der Waals surface area contributed by atoms with Gasteiger partial charge in [-0.2, -0.15) is 0 Å². The molecule has 1 aromatic heterocycles. The lowest BCUT2D eigenvalue weighted by Gasteiger charge is -2.42. The van der Waals surface area contributed by atoms with Crippen LogP contribution in [0, 0.1) is 11.8 Å². The summed E-state index contributed by atoms with van der Waals surface area (Å²) >= 11 is 0. The SMILES string of the molecule is CC(C)[C@@H]1[C@@H](CN)CCCN1c1ncco1. The quantitative estimate of drug-likeness (QED) is 0.850. The first kappa shape index (κ1) is 11.5. The molecular formula is C12H21N3O. The summed E-state index contributed by atoms with van der Waals surface area (Å²) in [6.45, 7) is 6.27. The largest absolute Gasteiger partial charge is 0.432 e. The molecule has 0 aromatic carbocycles. The van der Waals surface area contributed by atoms with Gasteiger partial charge in [0, 0.05) is 12.6 Å². The Balaban J connectivity index is 2.21. The number of oxazole rings is 1. The minimum atomic E-state index is 0.456. The molecule has 0 spiro atoms. The van der Waals surface area contributed by atoms with Crippen molar-refractivity contribution < 1.29 is 4.42 Å². The van der Waals surface area contributed by atoms with Crippen molar-refractivity contribution in [1.82, 2.24) is 4.98 Å². The highest BCUT2D eigenvalue weighted by molar-refractivity contribution is 5.29. The molecule has 16 heavy (non-hydrogen) atoms. The minimum Gasteiger partial charge on any atom is -0.432 e. The van der Waals surface area contributed by atoms with Crippen molar-refractivity contribution in [3.8, 4) is 0 Å². The molecule has 0 bridgehead atoms. The van der Waals surface area contributed by atoms with E-state index in [1.807, 2.05) is 0 Å². The van der Waals surface area contributed by atoms with Crippen LogP contribution in [0.4, 0.5) is 6.01 Å². The standard InChI is InChI=1S/C12H21N3O/c1-9(2)11-10(8-13)4-3-6-15(11)12-14-5-7-16-12/h5,7,9-11H,3-4,6,8,13H2,1-2H3/t10-,11-/m1/s1. The van der Waals surface area contributed by atoms with Crippen LogP contribution in [0.3, 0.4) is 0 Å². The van der Waals surface area contributed by atoms with Gasteiger partial charge in [0.15, 0.2) is 0 Å². The van der Waals surface area contributed by atoms with Gasteiger partial charge >= 0.3 is 0 Å². The van der Waals surface area contributed by atoms with Crippen LogP contribution in [-0.4, -0.2) is 24.1 Å². The molecule has 0 saturated carbocycles. The third kappa shape index (κ3) is 2.07. The Kier molecular flexibility index (Phi) is 3.49. The topological polar surface area (TPSA) is 55.3 Å². The fourth-order valence-electron chi connectivity index (χ4n) is 2.84. The van der Waals surface area contributed by atoms with Gasteiger partial charge in [0.05, 0.1) is 6.20 Å². The van der Waals surface area contributed by atoms with Crippen LogP contribution in [0.5, 0.6) is 0 Å². The van der Waals surface area contributed by atoms with Crippen molar-refractivity contribution in [1.29, 1.82) is 0 Å². The first-order valence-electron chi connectivity index (χ1n) is 6.10. The highest BCUT2D eigenvalue weighted by Gasteiger charge is 2.34. The molecular weight excluding hydrogens is 202 g/mol. The Hall–Kier alpha value is -1.03. The molecule has 1 fully saturated rings. The predicted molar refractivity (Wildman–Crippen MR) is 64.3 cm³/mol. The van der Waals surface area contributed by atoms with E-state index in [0.717, 1.165) is 19.1 Å². The lowest BCUT2D eigenvalue weighted by molar-refractivity contribution is 0.259. The molecule has 2 rings (SSSR count). The average Bonchev–Trinajstić information content (AvgIpc) is 2.81. The Labute approximate surface area is 96.8 Å². The first-order chi connectivity index (χ1) is 7.74. The number of hydrogen-bond donors (Lipinski definition) is 1. The van der Waals surface area contributed by atoms with Crippen molar-refractivity contribution >= 4 is 6.01 Å². The maximum atomic E-state index is 5.87. The van der Waals surface area contributed by atoms with Gasteiger partial charge in [0.2, 0.25) is 0 Å². The third-order valence-electron chi connectivity index (χ3n) is 3.47. The molecule has 1 aliphatic rings. The van der Waals surface area contributed by atoms with Crippen molar-refractivity contribution in [2.24, 2.45) is 17.6 Å². The maximum absolute atomic E-state index is 5.87. The first-order valence-corrected chi connectivity index (χ1v) is 6.10. The molecule has 4 heteroatoms. The number of piperidine rings is 1. The molecule has 0 amide bonds. The Morgan fingerprint density at radius 3 is 3.00 bits per heavy atom. The van der Waals surface area contributed by atoms with Crippen LogP contribution in [0.1, 0.15) is 26.7 Å². The Morgan fingerprint density at radius 2 is 2.44 bits per heavy atom. The highest BCUT2D eigenvalue weighted by atomic mass is 16.4. The summed E-state index contributed by atoms with van der Waals surface area (Å²) in [6, 6.07) is 1.20. The van der Waals surface area contributed by atoms with E-state index in [1.165, 1.54) is 12.8 Å². The van der Waals surface area contributed by atoms with Gasteiger partial charge in [-0.3, -0.25) is 0 Å². The van der Waals surface area contributed by atoms with E-state index in [4.69, 9.17) is 10.2 Å². The smallest absolute Gasteiger partial charge is 0.297 e. The van der Waals surface area contributed by atoms with Gasteiger partial charge in [-0.15, -0.1) is 0 Å². The Bertz CT molecular complexity index is 310.